The lowest BCUT2D eigenvalue weighted by atomic mass is 10.0. The van der Waals surface area contributed by atoms with Gasteiger partial charge in [-0.2, -0.15) is 0 Å². The van der Waals surface area contributed by atoms with Crippen molar-refractivity contribution in [2.75, 3.05) is 23.3 Å². The lowest BCUT2D eigenvalue weighted by Crippen LogP contribution is -2.39. The summed E-state index contributed by atoms with van der Waals surface area (Å²) in [5.41, 5.74) is 1.07. The molecular formula is C15H17BrN4. The Labute approximate surface area is 127 Å². The van der Waals surface area contributed by atoms with Gasteiger partial charge in [-0.25, -0.2) is 9.97 Å². The molecular weight excluding hydrogens is 316 g/mol. The first kappa shape index (κ1) is 13.4. The van der Waals surface area contributed by atoms with Gasteiger partial charge in [0.15, 0.2) is 0 Å². The second kappa shape index (κ2) is 6.22. The highest BCUT2D eigenvalue weighted by molar-refractivity contribution is 9.10. The molecule has 0 radical (unpaired) electrons. The Morgan fingerprint density at radius 2 is 1.85 bits per heavy atom. The SMILES string of the molecule is Brc1ncccc1NC1CCN(c2ccccn2)CC1. The van der Waals surface area contributed by atoms with Crippen molar-refractivity contribution >= 4 is 27.4 Å². The third-order valence-corrected chi connectivity index (χ3v) is 4.22. The molecule has 5 heteroatoms. The smallest absolute Gasteiger partial charge is 0.129 e. The van der Waals surface area contributed by atoms with Gasteiger partial charge in [0.25, 0.3) is 0 Å². The maximum absolute atomic E-state index is 4.41. The summed E-state index contributed by atoms with van der Waals surface area (Å²) in [6.07, 6.45) is 5.86. The second-order valence-electron chi connectivity index (χ2n) is 4.94. The number of pyridine rings is 2. The number of hydrogen-bond donors (Lipinski definition) is 1. The van der Waals surface area contributed by atoms with Crippen LogP contribution in [-0.2, 0) is 0 Å². The summed E-state index contributed by atoms with van der Waals surface area (Å²) in [4.78, 5) is 11.0. The molecule has 1 saturated heterocycles. The van der Waals surface area contributed by atoms with E-state index in [4.69, 9.17) is 0 Å². The fourth-order valence-corrected chi connectivity index (χ4v) is 2.87. The molecule has 2 aromatic heterocycles. The Bertz CT molecular complexity index is 553. The molecule has 0 amide bonds. The van der Waals surface area contributed by atoms with Gasteiger partial charge in [0.1, 0.15) is 10.4 Å². The number of nitrogens with zero attached hydrogens (tertiary/aromatic N) is 3. The molecule has 0 aliphatic carbocycles. The minimum atomic E-state index is 0.496. The molecule has 3 heterocycles. The maximum atomic E-state index is 4.41. The Balaban J connectivity index is 1.58. The molecule has 104 valence electrons. The van der Waals surface area contributed by atoms with Crippen LogP contribution in [0.3, 0.4) is 0 Å². The van der Waals surface area contributed by atoms with Crippen LogP contribution in [0.4, 0.5) is 11.5 Å². The van der Waals surface area contributed by atoms with E-state index in [1.165, 1.54) is 0 Å². The standard InChI is InChI=1S/C15H17BrN4/c16-15-13(4-3-9-18-15)19-12-6-10-20(11-7-12)14-5-1-2-8-17-14/h1-5,8-9,12,19H,6-7,10-11H2. The lowest BCUT2D eigenvalue weighted by Gasteiger charge is -2.33. The molecule has 0 bridgehead atoms. The molecule has 2 aromatic rings. The molecule has 0 spiro atoms. The van der Waals surface area contributed by atoms with Crippen LogP contribution < -0.4 is 10.2 Å². The normalized spacial score (nSPS) is 16.1. The van der Waals surface area contributed by atoms with Gasteiger partial charge in [0, 0.05) is 31.5 Å². The monoisotopic (exact) mass is 332 g/mol. The molecule has 0 atom stereocenters. The molecule has 1 aliphatic heterocycles. The average molecular weight is 333 g/mol. The quantitative estimate of drug-likeness (QED) is 0.875. The first-order valence-corrected chi connectivity index (χ1v) is 7.65. The largest absolute Gasteiger partial charge is 0.380 e. The van der Waals surface area contributed by atoms with Crippen molar-refractivity contribution in [2.45, 2.75) is 18.9 Å². The van der Waals surface area contributed by atoms with E-state index in [1.807, 2.05) is 24.4 Å². The van der Waals surface area contributed by atoms with Crippen LogP contribution >= 0.6 is 15.9 Å². The molecule has 0 unspecified atom stereocenters. The minimum absolute atomic E-state index is 0.496. The number of nitrogens with one attached hydrogen (secondary N) is 1. The zero-order valence-corrected chi connectivity index (χ0v) is 12.8. The highest BCUT2D eigenvalue weighted by Crippen LogP contribution is 2.23. The van der Waals surface area contributed by atoms with E-state index in [0.717, 1.165) is 42.0 Å². The Kier molecular flexibility index (Phi) is 4.16. The maximum Gasteiger partial charge on any atom is 0.129 e. The second-order valence-corrected chi connectivity index (χ2v) is 5.69. The topological polar surface area (TPSA) is 41.1 Å². The summed E-state index contributed by atoms with van der Waals surface area (Å²) in [6, 6.07) is 10.6. The van der Waals surface area contributed by atoms with Crippen LogP contribution in [-0.4, -0.2) is 29.1 Å². The Morgan fingerprint density at radius 1 is 1.05 bits per heavy atom. The molecule has 0 aromatic carbocycles. The van der Waals surface area contributed by atoms with E-state index < -0.39 is 0 Å². The van der Waals surface area contributed by atoms with Crippen LogP contribution in [0.1, 0.15) is 12.8 Å². The fraction of sp³-hybridized carbons (Fsp3) is 0.333. The summed E-state index contributed by atoms with van der Waals surface area (Å²) in [6.45, 7) is 2.07. The van der Waals surface area contributed by atoms with Gasteiger partial charge in [-0.05, 0) is 53.0 Å². The zero-order chi connectivity index (χ0) is 13.8. The van der Waals surface area contributed by atoms with E-state index in [2.05, 4.69) is 48.2 Å². The number of anilines is 2. The number of rotatable bonds is 3. The van der Waals surface area contributed by atoms with Gasteiger partial charge in [0.05, 0.1) is 5.69 Å². The number of piperidine rings is 1. The van der Waals surface area contributed by atoms with Gasteiger partial charge in [0.2, 0.25) is 0 Å². The summed E-state index contributed by atoms with van der Waals surface area (Å²) >= 11 is 3.48. The Morgan fingerprint density at radius 3 is 2.55 bits per heavy atom. The van der Waals surface area contributed by atoms with Gasteiger partial charge in [-0.15, -0.1) is 0 Å². The molecule has 20 heavy (non-hydrogen) atoms. The van der Waals surface area contributed by atoms with Crippen molar-refractivity contribution in [3.05, 3.63) is 47.3 Å². The van der Waals surface area contributed by atoms with Crippen molar-refractivity contribution in [2.24, 2.45) is 0 Å². The van der Waals surface area contributed by atoms with E-state index in [-0.39, 0.29) is 0 Å². The first-order valence-electron chi connectivity index (χ1n) is 6.86. The molecule has 1 N–H and O–H groups in total. The molecule has 0 saturated carbocycles. The van der Waals surface area contributed by atoms with Crippen molar-refractivity contribution in [1.82, 2.24) is 9.97 Å². The molecule has 1 aliphatic rings. The van der Waals surface area contributed by atoms with Gasteiger partial charge >= 0.3 is 0 Å². The predicted molar refractivity (Wildman–Crippen MR) is 85.0 cm³/mol. The van der Waals surface area contributed by atoms with Crippen LogP contribution in [0, 0.1) is 0 Å². The van der Waals surface area contributed by atoms with E-state index in [1.54, 1.807) is 6.20 Å². The highest BCUT2D eigenvalue weighted by atomic mass is 79.9. The average Bonchev–Trinajstić information content (AvgIpc) is 2.51. The number of halogens is 1. The fourth-order valence-electron chi connectivity index (χ4n) is 2.51. The van der Waals surface area contributed by atoms with Crippen molar-refractivity contribution < 1.29 is 0 Å². The van der Waals surface area contributed by atoms with Crippen LogP contribution in [0.2, 0.25) is 0 Å². The summed E-state index contributed by atoms with van der Waals surface area (Å²) in [7, 11) is 0. The molecule has 3 rings (SSSR count). The number of aromatic nitrogens is 2. The van der Waals surface area contributed by atoms with E-state index in [0.29, 0.717) is 6.04 Å². The van der Waals surface area contributed by atoms with Crippen molar-refractivity contribution in [1.29, 1.82) is 0 Å². The molecule has 1 fully saturated rings. The molecule has 4 nitrogen and oxygen atoms in total. The van der Waals surface area contributed by atoms with Gasteiger partial charge in [-0.1, -0.05) is 6.07 Å². The summed E-state index contributed by atoms with van der Waals surface area (Å²) < 4.78 is 0.882. The third-order valence-electron chi connectivity index (χ3n) is 3.59. The number of hydrogen-bond acceptors (Lipinski definition) is 4. The van der Waals surface area contributed by atoms with Crippen molar-refractivity contribution in [3.63, 3.8) is 0 Å². The third kappa shape index (κ3) is 3.10. The summed E-state index contributed by atoms with van der Waals surface area (Å²) in [5.74, 6) is 1.08. The van der Waals surface area contributed by atoms with E-state index in [9.17, 15) is 0 Å². The van der Waals surface area contributed by atoms with Crippen LogP contribution in [0.25, 0.3) is 0 Å². The lowest BCUT2D eigenvalue weighted by molar-refractivity contribution is 0.523. The zero-order valence-electron chi connectivity index (χ0n) is 11.2. The summed E-state index contributed by atoms with van der Waals surface area (Å²) in [5, 5.41) is 3.56. The first-order chi connectivity index (χ1) is 9.83. The van der Waals surface area contributed by atoms with Gasteiger partial charge < -0.3 is 10.2 Å². The highest BCUT2D eigenvalue weighted by Gasteiger charge is 2.20. The van der Waals surface area contributed by atoms with Crippen LogP contribution in [0.5, 0.6) is 0 Å². The van der Waals surface area contributed by atoms with Crippen LogP contribution in [0.15, 0.2) is 47.3 Å². The van der Waals surface area contributed by atoms with E-state index >= 15 is 0 Å². The minimum Gasteiger partial charge on any atom is -0.380 e. The van der Waals surface area contributed by atoms with Gasteiger partial charge in [-0.3, -0.25) is 0 Å². The Hall–Kier alpha value is -1.62. The van der Waals surface area contributed by atoms with Crippen molar-refractivity contribution in [3.8, 4) is 0 Å². The predicted octanol–water partition coefficient (Wildman–Crippen LogP) is 3.32.